The minimum Gasteiger partial charge on any atom is -0.460 e. The number of fused-ring (bicyclic) bond motifs is 1. The van der Waals surface area contributed by atoms with Gasteiger partial charge in [0.05, 0.1) is 12.5 Å². The van der Waals surface area contributed by atoms with Crippen molar-refractivity contribution in [3.8, 4) is 0 Å². The Bertz CT molecular complexity index is 590. The normalized spacial score (nSPS) is 18.1. The van der Waals surface area contributed by atoms with Crippen LogP contribution in [0.3, 0.4) is 0 Å². The summed E-state index contributed by atoms with van der Waals surface area (Å²) in [6.45, 7) is 2.05. The molecule has 0 saturated heterocycles. The monoisotopic (exact) mass is 278 g/mol. The molecular formula is C13H14N2O3S. The van der Waals surface area contributed by atoms with E-state index in [4.69, 9.17) is 9.26 Å². The molecule has 0 N–H and O–H groups in total. The van der Waals surface area contributed by atoms with E-state index in [-0.39, 0.29) is 11.7 Å². The second-order valence-corrected chi connectivity index (χ2v) is 5.42. The maximum atomic E-state index is 11.5. The first kappa shape index (κ1) is 12.3. The van der Waals surface area contributed by atoms with Crippen molar-refractivity contribution < 1.29 is 14.1 Å². The summed E-state index contributed by atoms with van der Waals surface area (Å²) in [4.78, 5) is 17.1. The summed E-state index contributed by atoms with van der Waals surface area (Å²) in [5.41, 5.74) is 1.26. The lowest BCUT2D eigenvalue weighted by Crippen LogP contribution is -2.10. The van der Waals surface area contributed by atoms with Crippen molar-refractivity contribution in [3.05, 3.63) is 33.6 Å². The average Bonchev–Trinajstić information content (AvgIpc) is 3.07. The second kappa shape index (κ2) is 5.13. The number of hydrogen-bond acceptors (Lipinski definition) is 6. The van der Waals surface area contributed by atoms with Crippen molar-refractivity contribution in [3.63, 3.8) is 0 Å². The summed E-state index contributed by atoms with van der Waals surface area (Å²) < 4.78 is 10.1. The number of aryl methyl sites for hydroxylation is 1. The highest BCUT2D eigenvalue weighted by molar-refractivity contribution is 7.10. The first-order valence-corrected chi connectivity index (χ1v) is 7.24. The van der Waals surface area contributed by atoms with E-state index in [1.165, 1.54) is 10.4 Å². The van der Waals surface area contributed by atoms with Gasteiger partial charge in [0.1, 0.15) is 0 Å². The lowest BCUT2D eigenvalue weighted by molar-refractivity contribution is 0.0508. The predicted molar refractivity (Wildman–Crippen MR) is 69.4 cm³/mol. The Morgan fingerprint density at radius 1 is 1.63 bits per heavy atom. The number of nitrogens with zero attached hydrogens (tertiary/aromatic N) is 2. The second-order valence-electron chi connectivity index (χ2n) is 4.42. The highest BCUT2D eigenvalue weighted by Crippen LogP contribution is 2.38. The fraction of sp³-hybridized carbons (Fsp3) is 0.462. The molecule has 0 aromatic carbocycles. The first-order valence-electron chi connectivity index (χ1n) is 6.36. The minimum absolute atomic E-state index is 0.0132. The van der Waals surface area contributed by atoms with Crippen LogP contribution in [0.2, 0.25) is 0 Å². The van der Waals surface area contributed by atoms with E-state index in [0.29, 0.717) is 12.5 Å². The van der Waals surface area contributed by atoms with Gasteiger partial charge in [0, 0.05) is 4.88 Å². The summed E-state index contributed by atoms with van der Waals surface area (Å²) in [5.74, 6) is 0.117. The third-order valence-corrected chi connectivity index (χ3v) is 4.25. The molecule has 0 bridgehead atoms. The van der Waals surface area contributed by atoms with Crippen LogP contribution in [0.4, 0.5) is 0 Å². The van der Waals surface area contributed by atoms with Crippen LogP contribution in [0, 0.1) is 0 Å². The molecule has 19 heavy (non-hydrogen) atoms. The molecule has 3 rings (SSSR count). The number of carbonyl (C=O) groups is 1. The number of hydrogen-bond donors (Lipinski definition) is 0. The number of rotatable bonds is 3. The summed E-state index contributed by atoms with van der Waals surface area (Å²) in [7, 11) is 0. The first-order chi connectivity index (χ1) is 9.29. The molecule has 1 aliphatic rings. The Hall–Kier alpha value is -1.69. The molecule has 0 saturated carbocycles. The van der Waals surface area contributed by atoms with Gasteiger partial charge < -0.3 is 9.26 Å². The van der Waals surface area contributed by atoms with Crippen molar-refractivity contribution in [1.82, 2.24) is 10.1 Å². The maximum absolute atomic E-state index is 11.5. The van der Waals surface area contributed by atoms with Crippen LogP contribution in [-0.2, 0) is 11.2 Å². The number of esters is 1. The Morgan fingerprint density at radius 3 is 3.37 bits per heavy atom. The summed E-state index contributed by atoms with van der Waals surface area (Å²) in [5, 5.41) is 5.80. The van der Waals surface area contributed by atoms with E-state index < -0.39 is 5.97 Å². The van der Waals surface area contributed by atoms with E-state index in [0.717, 1.165) is 19.3 Å². The van der Waals surface area contributed by atoms with Gasteiger partial charge in [-0.15, -0.1) is 11.3 Å². The van der Waals surface area contributed by atoms with E-state index in [1.54, 1.807) is 18.3 Å². The maximum Gasteiger partial charge on any atom is 0.379 e. The zero-order valence-electron chi connectivity index (χ0n) is 10.6. The van der Waals surface area contributed by atoms with Crippen LogP contribution < -0.4 is 0 Å². The largest absolute Gasteiger partial charge is 0.460 e. The zero-order chi connectivity index (χ0) is 13.2. The Kier molecular flexibility index (Phi) is 3.33. The lowest BCUT2D eigenvalue weighted by Gasteiger charge is -2.18. The number of carbonyl (C=O) groups excluding carboxylic acids is 1. The highest BCUT2D eigenvalue weighted by atomic mass is 32.1. The molecule has 2 heterocycles. The molecule has 5 nitrogen and oxygen atoms in total. The van der Waals surface area contributed by atoms with Gasteiger partial charge in [-0.1, -0.05) is 0 Å². The number of thiophene rings is 1. The Morgan fingerprint density at radius 2 is 2.53 bits per heavy atom. The Labute approximate surface area is 114 Å². The molecular weight excluding hydrogens is 264 g/mol. The number of aromatic nitrogens is 2. The molecule has 0 fully saturated rings. The minimum atomic E-state index is -0.529. The average molecular weight is 278 g/mol. The molecule has 0 aliphatic heterocycles. The van der Waals surface area contributed by atoms with E-state index in [1.807, 2.05) is 0 Å². The molecule has 100 valence electrons. The van der Waals surface area contributed by atoms with Gasteiger partial charge in [-0.3, -0.25) is 0 Å². The SMILES string of the molecule is CCOC(=O)c1noc(C2CCCc3sccc32)n1. The molecule has 0 radical (unpaired) electrons. The summed E-state index contributed by atoms with van der Waals surface area (Å²) in [6, 6.07) is 2.11. The topological polar surface area (TPSA) is 65.2 Å². The van der Waals surface area contributed by atoms with Crippen molar-refractivity contribution in [2.24, 2.45) is 0 Å². The van der Waals surface area contributed by atoms with Crippen LogP contribution in [0.25, 0.3) is 0 Å². The van der Waals surface area contributed by atoms with E-state index in [2.05, 4.69) is 21.6 Å². The van der Waals surface area contributed by atoms with Crippen LogP contribution in [0.5, 0.6) is 0 Å². The van der Waals surface area contributed by atoms with Crippen LogP contribution >= 0.6 is 11.3 Å². The summed E-state index contributed by atoms with van der Waals surface area (Å²) >= 11 is 1.76. The van der Waals surface area contributed by atoms with Crippen LogP contribution in [0.15, 0.2) is 16.0 Å². The van der Waals surface area contributed by atoms with E-state index >= 15 is 0 Å². The quantitative estimate of drug-likeness (QED) is 0.808. The number of ether oxygens (including phenoxy) is 1. The van der Waals surface area contributed by atoms with Gasteiger partial charge in [0.2, 0.25) is 5.89 Å². The highest BCUT2D eigenvalue weighted by Gasteiger charge is 2.28. The van der Waals surface area contributed by atoms with Gasteiger partial charge in [0.25, 0.3) is 5.82 Å². The van der Waals surface area contributed by atoms with Crippen molar-refractivity contribution >= 4 is 17.3 Å². The third-order valence-electron chi connectivity index (χ3n) is 3.25. The molecule has 0 spiro atoms. The van der Waals surface area contributed by atoms with Gasteiger partial charge >= 0.3 is 5.97 Å². The van der Waals surface area contributed by atoms with Crippen LogP contribution in [-0.4, -0.2) is 22.7 Å². The van der Waals surface area contributed by atoms with Crippen molar-refractivity contribution in [1.29, 1.82) is 0 Å². The summed E-state index contributed by atoms with van der Waals surface area (Å²) in [6.07, 6.45) is 3.20. The fourth-order valence-corrected chi connectivity index (χ4v) is 3.39. The molecule has 1 aliphatic carbocycles. The van der Waals surface area contributed by atoms with E-state index in [9.17, 15) is 4.79 Å². The molecule has 1 atom stereocenters. The standard InChI is InChI=1S/C13H14N2O3S/c1-2-17-13(16)11-14-12(18-15-11)9-4-3-5-10-8(9)6-7-19-10/h6-7,9H,2-5H2,1H3. The Balaban J connectivity index is 1.87. The predicted octanol–water partition coefficient (Wildman–Crippen LogP) is 2.78. The smallest absolute Gasteiger partial charge is 0.379 e. The molecule has 1 unspecified atom stereocenters. The molecule has 2 aromatic heterocycles. The molecule has 2 aromatic rings. The van der Waals surface area contributed by atoms with Gasteiger partial charge in [0.15, 0.2) is 0 Å². The van der Waals surface area contributed by atoms with Crippen LogP contribution in [0.1, 0.15) is 52.6 Å². The van der Waals surface area contributed by atoms with Gasteiger partial charge in [-0.25, -0.2) is 4.79 Å². The zero-order valence-corrected chi connectivity index (χ0v) is 11.4. The van der Waals surface area contributed by atoms with Gasteiger partial charge in [-0.2, -0.15) is 4.98 Å². The molecule has 6 heteroatoms. The van der Waals surface area contributed by atoms with Gasteiger partial charge in [-0.05, 0) is 48.4 Å². The lowest BCUT2D eigenvalue weighted by atomic mass is 9.88. The third kappa shape index (κ3) is 2.28. The fourth-order valence-electron chi connectivity index (χ4n) is 2.40. The van der Waals surface area contributed by atoms with Crippen molar-refractivity contribution in [2.45, 2.75) is 32.1 Å². The molecule has 0 amide bonds. The van der Waals surface area contributed by atoms with Crippen molar-refractivity contribution in [2.75, 3.05) is 6.61 Å².